The zero-order chi connectivity index (χ0) is 19.7. The summed E-state index contributed by atoms with van der Waals surface area (Å²) in [4.78, 5) is 16.6. The molecule has 1 heterocycles. The molecule has 0 fully saturated rings. The van der Waals surface area contributed by atoms with Crippen LogP contribution in [0, 0.1) is 0 Å². The molecule has 0 atom stereocenters. The number of carbonyl (C=O) groups excluding carboxylic acids is 1. The van der Waals surface area contributed by atoms with Crippen molar-refractivity contribution < 1.29 is 14.3 Å². The Hall–Kier alpha value is -2.60. The van der Waals surface area contributed by atoms with E-state index in [1.54, 1.807) is 30.6 Å². The van der Waals surface area contributed by atoms with E-state index in [1.165, 1.54) is 0 Å². The number of aromatic nitrogens is 1. The van der Waals surface area contributed by atoms with Crippen LogP contribution < -0.4 is 20.5 Å². The van der Waals surface area contributed by atoms with E-state index in [2.05, 4.69) is 10.3 Å². The molecule has 0 saturated heterocycles. The number of pyridine rings is 1. The number of nitrogens with one attached hydrogen (secondary N) is 1. The molecule has 6 heteroatoms. The molecule has 0 aliphatic carbocycles. The summed E-state index contributed by atoms with van der Waals surface area (Å²) < 4.78 is 11.5. The van der Waals surface area contributed by atoms with Crippen LogP contribution in [-0.2, 0) is 6.61 Å². The van der Waals surface area contributed by atoms with Crippen molar-refractivity contribution in [1.29, 1.82) is 0 Å². The van der Waals surface area contributed by atoms with Gasteiger partial charge in [0.1, 0.15) is 6.61 Å². The van der Waals surface area contributed by atoms with Crippen LogP contribution in [0.1, 0.15) is 49.5 Å². The molecule has 1 aromatic carbocycles. The first-order valence-electron chi connectivity index (χ1n) is 9.37. The van der Waals surface area contributed by atoms with Crippen molar-refractivity contribution in [2.45, 2.75) is 45.8 Å². The molecule has 0 saturated carbocycles. The number of hydrogen-bond acceptors (Lipinski definition) is 5. The molecule has 146 valence electrons. The number of hydrogen-bond donors (Lipinski definition) is 2. The van der Waals surface area contributed by atoms with E-state index in [4.69, 9.17) is 15.2 Å². The van der Waals surface area contributed by atoms with Crippen LogP contribution in [0.25, 0.3) is 0 Å². The molecule has 0 unspecified atom stereocenters. The van der Waals surface area contributed by atoms with Gasteiger partial charge in [0.05, 0.1) is 6.61 Å². The van der Waals surface area contributed by atoms with E-state index in [9.17, 15) is 4.79 Å². The Morgan fingerprint density at radius 1 is 1.15 bits per heavy atom. The predicted octanol–water partition coefficient (Wildman–Crippen LogP) is 3.31. The number of benzene rings is 1. The third kappa shape index (κ3) is 5.96. The largest absolute Gasteiger partial charge is 0.490 e. The maximum absolute atomic E-state index is 12.5. The van der Waals surface area contributed by atoms with E-state index in [0.717, 1.165) is 18.4 Å². The van der Waals surface area contributed by atoms with Crippen molar-refractivity contribution in [3.63, 3.8) is 0 Å². The minimum Gasteiger partial charge on any atom is -0.490 e. The molecule has 6 nitrogen and oxygen atoms in total. The third-order valence-corrected chi connectivity index (χ3v) is 4.63. The molecular formula is C21H29N3O3. The summed E-state index contributed by atoms with van der Waals surface area (Å²) in [5.74, 6) is 0.957. The van der Waals surface area contributed by atoms with Crippen LogP contribution in [-0.4, -0.2) is 29.6 Å². The third-order valence-electron chi connectivity index (χ3n) is 4.63. The lowest BCUT2D eigenvalue weighted by molar-refractivity contribution is 0.0941. The van der Waals surface area contributed by atoms with Crippen molar-refractivity contribution in [2.24, 2.45) is 5.73 Å². The van der Waals surface area contributed by atoms with Gasteiger partial charge in [-0.1, -0.05) is 19.9 Å². The van der Waals surface area contributed by atoms with Gasteiger partial charge in [-0.15, -0.1) is 0 Å². The summed E-state index contributed by atoms with van der Waals surface area (Å²) in [7, 11) is 0. The molecule has 0 spiro atoms. The Kier molecular flexibility index (Phi) is 7.61. The number of amides is 1. The van der Waals surface area contributed by atoms with Crippen molar-refractivity contribution in [3.8, 4) is 11.5 Å². The van der Waals surface area contributed by atoms with E-state index in [-0.39, 0.29) is 11.4 Å². The van der Waals surface area contributed by atoms with Crippen molar-refractivity contribution in [3.05, 3.63) is 53.9 Å². The van der Waals surface area contributed by atoms with Gasteiger partial charge >= 0.3 is 0 Å². The van der Waals surface area contributed by atoms with Crippen LogP contribution in [0.5, 0.6) is 11.5 Å². The van der Waals surface area contributed by atoms with Crippen LogP contribution in [0.3, 0.4) is 0 Å². The minimum absolute atomic E-state index is 0.175. The second-order valence-corrected chi connectivity index (χ2v) is 6.50. The van der Waals surface area contributed by atoms with Gasteiger partial charge in [0.2, 0.25) is 0 Å². The smallest absolute Gasteiger partial charge is 0.251 e. The second kappa shape index (κ2) is 9.92. The van der Waals surface area contributed by atoms with Crippen LogP contribution in [0.15, 0.2) is 42.7 Å². The lowest BCUT2D eigenvalue weighted by Gasteiger charge is -2.26. The average molecular weight is 371 g/mol. The van der Waals surface area contributed by atoms with E-state index >= 15 is 0 Å². The molecule has 1 aromatic heterocycles. The Bertz CT molecular complexity index is 731. The first kappa shape index (κ1) is 20.7. The Balaban J connectivity index is 2.08. The Morgan fingerprint density at radius 3 is 2.56 bits per heavy atom. The highest BCUT2D eigenvalue weighted by Gasteiger charge is 2.21. The lowest BCUT2D eigenvalue weighted by atomic mass is 9.94. The van der Waals surface area contributed by atoms with Crippen LogP contribution >= 0.6 is 0 Å². The number of nitrogens with zero attached hydrogens (tertiary/aromatic N) is 1. The van der Waals surface area contributed by atoms with Gasteiger partial charge in [-0.3, -0.25) is 9.78 Å². The van der Waals surface area contributed by atoms with E-state index in [0.29, 0.717) is 36.8 Å². The number of nitrogens with two attached hydrogens (primary N) is 1. The molecule has 1 amide bonds. The van der Waals surface area contributed by atoms with Gasteiger partial charge in [0.15, 0.2) is 11.5 Å². The summed E-state index contributed by atoms with van der Waals surface area (Å²) in [5, 5.41) is 2.92. The standard InChI is InChI=1S/C21H29N3O3/c1-4-21(22,5-2)15-24-20(25)17-9-10-18(19(12-17)26-6-3)27-14-16-8-7-11-23-13-16/h7-13H,4-6,14-15,22H2,1-3H3,(H,24,25). The van der Waals surface area contributed by atoms with Crippen LogP contribution in [0.4, 0.5) is 0 Å². The SMILES string of the molecule is CCOc1cc(C(=O)NCC(N)(CC)CC)ccc1OCc1cccnc1. The van der Waals surface area contributed by atoms with E-state index in [1.807, 2.05) is 32.9 Å². The average Bonchev–Trinajstić information content (AvgIpc) is 2.71. The number of rotatable bonds is 10. The predicted molar refractivity (Wildman–Crippen MR) is 106 cm³/mol. The maximum atomic E-state index is 12.5. The minimum atomic E-state index is -0.384. The first-order chi connectivity index (χ1) is 13.0. The fourth-order valence-corrected chi connectivity index (χ4v) is 2.54. The summed E-state index contributed by atoms with van der Waals surface area (Å²) in [6, 6.07) is 8.99. The molecule has 2 rings (SSSR count). The summed E-state index contributed by atoms with van der Waals surface area (Å²) >= 11 is 0. The lowest BCUT2D eigenvalue weighted by Crippen LogP contribution is -2.49. The second-order valence-electron chi connectivity index (χ2n) is 6.50. The van der Waals surface area contributed by atoms with Gasteiger partial charge in [-0.25, -0.2) is 0 Å². The number of ether oxygens (including phenoxy) is 2. The fraction of sp³-hybridized carbons (Fsp3) is 0.429. The van der Waals surface area contributed by atoms with Crippen molar-refractivity contribution in [2.75, 3.05) is 13.2 Å². The van der Waals surface area contributed by atoms with Gasteiger partial charge < -0.3 is 20.5 Å². The van der Waals surface area contributed by atoms with Gasteiger partial charge in [0, 0.05) is 35.6 Å². The molecule has 0 aliphatic rings. The highest BCUT2D eigenvalue weighted by Crippen LogP contribution is 2.29. The summed E-state index contributed by atoms with van der Waals surface area (Å²) in [5.41, 5.74) is 7.35. The molecule has 27 heavy (non-hydrogen) atoms. The molecule has 0 radical (unpaired) electrons. The molecule has 0 bridgehead atoms. The fourth-order valence-electron chi connectivity index (χ4n) is 2.54. The highest BCUT2D eigenvalue weighted by atomic mass is 16.5. The number of carbonyl (C=O) groups is 1. The molecular weight excluding hydrogens is 342 g/mol. The van der Waals surface area contributed by atoms with Gasteiger partial charge in [-0.05, 0) is 44.0 Å². The monoisotopic (exact) mass is 371 g/mol. The zero-order valence-electron chi connectivity index (χ0n) is 16.3. The molecule has 3 N–H and O–H groups in total. The maximum Gasteiger partial charge on any atom is 0.251 e. The van der Waals surface area contributed by atoms with Crippen LogP contribution in [0.2, 0.25) is 0 Å². The normalized spacial score (nSPS) is 11.1. The van der Waals surface area contributed by atoms with Crippen molar-refractivity contribution in [1.82, 2.24) is 10.3 Å². The first-order valence-corrected chi connectivity index (χ1v) is 9.37. The zero-order valence-corrected chi connectivity index (χ0v) is 16.3. The topological polar surface area (TPSA) is 86.5 Å². The van der Waals surface area contributed by atoms with Gasteiger partial charge in [-0.2, -0.15) is 0 Å². The van der Waals surface area contributed by atoms with Gasteiger partial charge in [0.25, 0.3) is 5.91 Å². The Morgan fingerprint density at radius 2 is 1.93 bits per heavy atom. The summed E-state index contributed by atoms with van der Waals surface area (Å²) in [6.07, 6.45) is 5.07. The summed E-state index contributed by atoms with van der Waals surface area (Å²) in [6.45, 7) is 7.23. The quantitative estimate of drug-likeness (QED) is 0.669. The molecule has 0 aliphatic heterocycles. The van der Waals surface area contributed by atoms with Crippen molar-refractivity contribution >= 4 is 5.91 Å². The highest BCUT2D eigenvalue weighted by molar-refractivity contribution is 5.94. The Labute approximate surface area is 161 Å². The molecule has 2 aromatic rings. The van der Waals surface area contributed by atoms with E-state index < -0.39 is 0 Å².